The van der Waals surface area contributed by atoms with Crippen molar-refractivity contribution in [3.63, 3.8) is 0 Å². The SMILES string of the molecule is CS(=O)(=O)C1(C(=O)Nc2cccc(OCC(F)(F)F)c2)CCNCC1. The largest absolute Gasteiger partial charge is 0.484 e. The number of carbonyl (C=O) groups is 1. The van der Waals surface area contributed by atoms with Crippen molar-refractivity contribution in [2.45, 2.75) is 23.8 Å². The maximum atomic E-state index is 12.6. The second kappa shape index (κ2) is 7.20. The van der Waals surface area contributed by atoms with Crippen molar-refractivity contribution in [2.75, 3.05) is 31.3 Å². The van der Waals surface area contributed by atoms with Crippen LogP contribution in [0.15, 0.2) is 24.3 Å². The maximum Gasteiger partial charge on any atom is 0.422 e. The third kappa shape index (κ3) is 4.85. The minimum atomic E-state index is -4.48. The van der Waals surface area contributed by atoms with Crippen LogP contribution in [-0.2, 0) is 14.6 Å². The van der Waals surface area contributed by atoms with E-state index in [4.69, 9.17) is 0 Å². The Bertz CT molecular complexity index is 729. The predicted octanol–water partition coefficient (Wildman–Crippen LogP) is 1.73. The number of ether oxygens (including phenoxy) is 1. The minimum Gasteiger partial charge on any atom is -0.484 e. The Kier molecular flexibility index (Phi) is 5.62. The molecule has 6 nitrogen and oxygen atoms in total. The van der Waals surface area contributed by atoms with Crippen molar-refractivity contribution in [3.05, 3.63) is 24.3 Å². The molecule has 2 rings (SSSR count). The van der Waals surface area contributed by atoms with E-state index in [0.29, 0.717) is 13.1 Å². The van der Waals surface area contributed by atoms with Crippen molar-refractivity contribution < 1.29 is 31.1 Å². The van der Waals surface area contributed by atoms with Crippen LogP contribution < -0.4 is 15.4 Å². The molecule has 0 aromatic heterocycles. The number of halogens is 3. The van der Waals surface area contributed by atoms with Gasteiger partial charge in [0.25, 0.3) is 0 Å². The van der Waals surface area contributed by atoms with E-state index in [1.54, 1.807) is 0 Å². The summed E-state index contributed by atoms with van der Waals surface area (Å²) in [4.78, 5) is 12.6. The number of amides is 1. The zero-order valence-corrected chi connectivity index (χ0v) is 14.3. The minimum absolute atomic E-state index is 0.0751. The summed E-state index contributed by atoms with van der Waals surface area (Å²) in [5, 5.41) is 5.49. The smallest absolute Gasteiger partial charge is 0.422 e. The first-order chi connectivity index (χ1) is 11.5. The highest BCUT2D eigenvalue weighted by atomic mass is 32.2. The average molecular weight is 380 g/mol. The molecule has 140 valence electrons. The molecule has 1 heterocycles. The van der Waals surface area contributed by atoms with Gasteiger partial charge < -0.3 is 15.4 Å². The fourth-order valence-electron chi connectivity index (χ4n) is 2.67. The molecule has 0 spiro atoms. The molecule has 1 fully saturated rings. The third-order valence-corrected chi connectivity index (χ3v) is 6.04. The number of anilines is 1. The van der Waals surface area contributed by atoms with Crippen LogP contribution in [0.2, 0.25) is 0 Å². The predicted molar refractivity (Wildman–Crippen MR) is 86.3 cm³/mol. The topological polar surface area (TPSA) is 84.5 Å². The first-order valence-electron chi connectivity index (χ1n) is 7.55. The number of hydrogen-bond donors (Lipinski definition) is 2. The fraction of sp³-hybridized carbons (Fsp3) is 0.533. The quantitative estimate of drug-likeness (QED) is 0.813. The Hall–Kier alpha value is -1.81. The number of sulfone groups is 1. The van der Waals surface area contributed by atoms with Gasteiger partial charge in [-0.1, -0.05) is 6.07 Å². The summed E-state index contributed by atoms with van der Waals surface area (Å²) in [7, 11) is -3.68. The number of rotatable bonds is 5. The number of piperidine rings is 1. The zero-order chi connectivity index (χ0) is 18.7. The fourth-order valence-corrected chi connectivity index (χ4v) is 4.00. The molecule has 10 heteroatoms. The molecule has 1 aromatic carbocycles. The lowest BCUT2D eigenvalue weighted by Gasteiger charge is -2.34. The Labute approximate surface area is 143 Å². The van der Waals surface area contributed by atoms with Crippen molar-refractivity contribution in [1.29, 1.82) is 0 Å². The van der Waals surface area contributed by atoms with Gasteiger partial charge in [-0.05, 0) is 38.1 Å². The summed E-state index contributed by atoms with van der Waals surface area (Å²) in [6, 6.07) is 5.41. The van der Waals surface area contributed by atoms with E-state index < -0.39 is 33.3 Å². The van der Waals surface area contributed by atoms with E-state index >= 15 is 0 Å². The van der Waals surface area contributed by atoms with Gasteiger partial charge in [-0.2, -0.15) is 13.2 Å². The van der Waals surface area contributed by atoms with Crippen LogP contribution in [0.25, 0.3) is 0 Å². The van der Waals surface area contributed by atoms with Crippen LogP contribution in [-0.4, -0.2) is 51.2 Å². The molecule has 2 N–H and O–H groups in total. The standard InChI is InChI=1S/C15H19F3N2O4S/c1-25(22,23)14(5-7-19-8-6-14)13(21)20-11-3-2-4-12(9-11)24-10-15(16,17)18/h2-4,9,19H,5-8,10H2,1H3,(H,20,21). The molecule has 0 radical (unpaired) electrons. The van der Waals surface area contributed by atoms with E-state index in [2.05, 4.69) is 15.4 Å². The van der Waals surface area contributed by atoms with Gasteiger partial charge >= 0.3 is 6.18 Å². The molecule has 0 unspecified atom stereocenters. The first kappa shape index (κ1) is 19.5. The number of hydrogen-bond acceptors (Lipinski definition) is 5. The number of carbonyl (C=O) groups excluding carboxylic acids is 1. The van der Waals surface area contributed by atoms with Gasteiger partial charge in [0, 0.05) is 18.0 Å². The molecule has 1 aliphatic heterocycles. The molecule has 1 aromatic rings. The van der Waals surface area contributed by atoms with Crippen LogP contribution in [0, 0.1) is 0 Å². The van der Waals surface area contributed by atoms with Crippen molar-refractivity contribution in [2.24, 2.45) is 0 Å². The molecule has 1 aliphatic rings. The summed E-state index contributed by atoms with van der Waals surface area (Å²) in [6.07, 6.45) is -3.21. The van der Waals surface area contributed by atoms with E-state index in [1.165, 1.54) is 24.3 Å². The number of benzene rings is 1. The Morgan fingerprint density at radius 3 is 2.52 bits per heavy atom. The van der Waals surface area contributed by atoms with Crippen molar-refractivity contribution in [3.8, 4) is 5.75 Å². The molecule has 0 saturated carbocycles. The van der Waals surface area contributed by atoms with E-state index in [0.717, 1.165) is 6.26 Å². The average Bonchev–Trinajstić information content (AvgIpc) is 2.52. The molecular weight excluding hydrogens is 361 g/mol. The van der Waals surface area contributed by atoms with Crippen LogP contribution in [0.4, 0.5) is 18.9 Å². The van der Waals surface area contributed by atoms with Gasteiger partial charge in [0.2, 0.25) is 5.91 Å². The normalized spacial score (nSPS) is 17.8. The van der Waals surface area contributed by atoms with Gasteiger partial charge in [-0.15, -0.1) is 0 Å². The molecule has 25 heavy (non-hydrogen) atoms. The Morgan fingerprint density at radius 2 is 1.96 bits per heavy atom. The van der Waals surface area contributed by atoms with Gasteiger partial charge in [-0.3, -0.25) is 4.79 Å². The molecule has 0 bridgehead atoms. The van der Waals surface area contributed by atoms with Crippen LogP contribution in [0.3, 0.4) is 0 Å². The van der Waals surface area contributed by atoms with Crippen LogP contribution in [0.1, 0.15) is 12.8 Å². The van der Waals surface area contributed by atoms with Crippen LogP contribution >= 0.6 is 0 Å². The maximum absolute atomic E-state index is 12.6. The highest BCUT2D eigenvalue weighted by Crippen LogP contribution is 2.30. The van der Waals surface area contributed by atoms with E-state index in [-0.39, 0.29) is 24.3 Å². The molecule has 0 aliphatic carbocycles. The summed E-state index contributed by atoms with van der Waals surface area (Å²) in [5.41, 5.74) is 0.172. The van der Waals surface area contributed by atoms with Gasteiger partial charge in [0.1, 0.15) is 5.75 Å². The number of nitrogens with one attached hydrogen (secondary N) is 2. The lowest BCUT2D eigenvalue weighted by molar-refractivity contribution is -0.153. The highest BCUT2D eigenvalue weighted by Gasteiger charge is 2.48. The van der Waals surface area contributed by atoms with Crippen LogP contribution in [0.5, 0.6) is 5.75 Å². The summed E-state index contributed by atoms with van der Waals surface area (Å²) < 4.78 is 64.1. The molecule has 1 amide bonds. The first-order valence-corrected chi connectivity index (χ1v) is 9.44. The lowest BCUT2D eigenvalue weighted by Crippen LogP contribution is -2.55. The summed E-state index contributed by atoms with van der Waals surface area (Å²) in [5.74, 6) is -0.765. The second-order valence-electron chi connectivity index (χ2n) is 5.90. The van der Waals surface area contributed by atoms with Crippen molar-refractivity contribution >= 4 is 21.4 Å². The Balaban J connectivity index is 2.16. The van der Waals surface area contributed by atoms with Gasteiger partial charge in [0.05, 0.1) is 0 Å². The Morgan fingerprint density at radius 1 is 1.32 bits per heavy atom. The monoisotopic (exact) mass is 380 g/mol. The third-order valence-electron chi connectivity index (χ3n) is 4.03. The zero-order valence-electron chi connectivity index (χ0n) is 13.5. The van der Waals surface area contributed by atoms with Crippen molar-refractivity contribution in [1.82, 2.24) is 5.32 Å². The van der Waals surface area contributed by atoms with Gasteiger partial charge in [0.15, 0.2) is 21.2 Å². The molecule has 0 atom stereocenters. The van der Waals surface area contributed by atoms with E-state index in [1.807, 2.05) is 0 Å². The summed E-state index contributed by atoms with van der Waals surface area (Å²) >= 11 is 0. The highest BCUT2D eigenvalue weighted by molar-refractivity contribution is 7.92. The molecular formula is C15H19F3N2O4S. The summed E-state index contributed by atoms with van der Waals surface area (Å²) in [6.45, 7) is -0.687. The lowest BCUT2D eigenvalue weighted by atomic mass is 9.95. The van der Waals surface area contributed by atoms with E-state index in [9.17, 15) is 26.4 Å². The number of alkyl halides is 3. The molecule has 1 saturated heterocycles. The second-order valence-corrected chi connectivity index (χ2v) is 8.23. The van der Waals surface area contributed by atoms with Gasteiger partial charge in [-0.25, -0.2) is 8.42 Å².